The molecule has 1 fully saturated rings. The Kier molecular flexibility index (Phi) is 5.37. The van der Waals surface area contributed by atoms with Crippen molar-refractivity contribution in [3.8, 4) is 17.1 Å². The summed E-state index contributed by atoms with van der Waals surface area (Å²) in [6.45, 7) is 7.05. The van der Waals surface area contributed by atoms with Crippen molar-refractivity contribution in [1.29, 1.82) is 0 Å². The standard InChI is InChI=1S/C17H22N4O3S/c1-12(2)11-24-17(23)21-9-7-20(8-10-21)16-18-15(19-25-16)13-5-3-4-6-14(13)22/h3-6,12,22H,7-11H2,1-2H3. The molecule has 1 aliphatic heterocycles. The van der Waals surface area contributed by atoms with Crippen molar-refractivity contribution in [3.63, 3.8) is 0 Å². The predicted molar refractivity (Wildman–Crippen MR) is 97.0 cm³/mol. The first kappa shape index (κ1) is 17.5. The van der Waals surface area contributed by atoms with Gasteiger partial charge in [-0.3, -0.25) is 0 Å². The van der Waals surface area contributed by atoms with Crippen molar-refractivity contribution in [2.75, 3.05) is 37.7 Å². The third-order valence-electron chi connectivity index (χ3n) is 3.91. The molecule has 0 unspecified atom stereocenters. The lowest BCUT2D eigenvalue weighted by molar-refractivity contribution is 0.0901. The van der Waals surface area contributed by atoms with Crippen molar-refractivity contribution < 1.29 is 14.6 Å². The maximum Gasteiger partial charge on any atom is 0.409 e. The minimum atomic E-state index is -0.250. The number of hydrogen-bond acceptors (Lipinski definition) is 7. The van der Waals surface area contributed by atoms with Crippen molar-refractivity contribution in [1.82, 2.24) is 14.3 Å². The summed E-state index contributed by atoms with van der Waals surface area (Å²) in [7, 11) is 0. The molecule has 0 atom stereocenters. The number of piperazine rings is 1. The number of carbonyl (C=O) groups is 1. The van der Waals surface area contributed by atoms with Gasteiger partial charge in [-0.1, -0.05) is 26.0 Å². The lowest BCUT2D eigenvalue weighted by atomic mass is 10.2. The molecule has 0 aliphatic carbocycles. The molecule has 7 nitrogen and oxygen atoms in total. The molecule has 1 N–H and O–H groups in total. The van der Waals surface area contributed by atoms with Crippen LogP contribution in [0.5, 0.6) is 5.75 Å². The van der Waals surface area contributed by atoms with Gasteiger partial charge in [-0.25, -0.2) is 4.79 Å². The highest BCUT2D eigenvalue weighted by Crippen LogP contribution is 2.30. The van der Waals surface area contributed by atoms with E-state index in [1.165, 1.54) is 11.5 Å². The van der Waals surface area contributed by atoms with Crippen molar-refractivity contribution in [3.05, 3.63) is 24.3 Å². The molecule has 0 radical (unpaired) electrons. The molecule has 0 saturated carbocycles. The average molecular weight is 362 g/mol. The fraction of sp³-hybridized carbons (Fsp3) is 0.471. The van der Waals surface area contributed by atoms with Crippen molar-refractivity contribution in [2.45, 2.75) is 13.8 Å². The van der Waals surface area contributed by atoms with E-state index in [-0.39, 0.29) is 11.8 Å². The van der Waals surface area contributed by atoms with Crippen LogP contribution in [-0.2, 0) is 4.74 Å². The summed E-state index contributed by atoms with van der Waals surface area (Å²) >= 11 is 1.30. The van der Waals surface area contributed by atoms with Crippen LogP contribution in [0.4, 0.5) is 9.93 Å². The number of hydrogen-bond donors (Lipinski definition) is 1. The van der Waals surface area contributed by atoms with Gasteiger partial charge in [0.15, 0.2) is 5.82 Å². The second-order valence-corrected chi connectivity index (χ2v) is 7.09. The van der Waals surface area contributed by atoms with Gasteiger partial charge in [-0.05, 0) is 18.1 Å². The molecule has 1 aliphatic rings. The van der Waals surface area contributed by atoms with E-state index in [2.05, 4.69) is 14.3 Å². The average Bonchev–Trinajstić information content (AvgIpc) is 3.10. The molecule has 2 heterocycles. The quantitative estimate of drug-likeness (QED) is 0.901. The molecular weight excluding hydrogens is 340 g/mol. The van der Waals surface area contributed by atoms with E-state index in [0.717, 1.165) is 5.13 Å². The third kappa shape index (κ3) is 4.19. The molecule has 1 amide bonds. The van der Waals surface area contributed by atoms with Gasteiger partial charge < -0.3 is 19.6 Å². The van der Waals surface area contributed by atoms with Crippen LogP contribution in [-0.4, -0.2) is 58.2 Å². The van der Waals surface area contributed by atoms with Gasteiger partial charge in [0.05, 0.1) is 12.2 Å². The highest BCUT2D eigenvalue weighted by molar-refractivity contribution is 7.09. The molecule has 1 aromatic carbocycles. The lowest BCUT2D eigenvalue weighted by Gasteiger charge is -2.33. The van der Waals surface area contributed by atoms with Crippen LogP contribution in [0, 0.1) is 5.92 Å². The topological polar surface area (TPSA) is 78.8 Å². The summed E-state index contributed by atoms with van der Waals surface area (Å²) in [4.78, 5) is 20.4. The third-order valence-corrected chi connectivity index (χ3v) is 4.69. The lowest BCUT2D eigenvalue weighted by Crippen LogP contribution is -2.49. The maximum absolute atomic E-state index is 12.0. The van der Waals surface area contributed by atoms with Gasteiger partial charge in [-0.2, -0.15) is 9.36 Å². The maximum atomic E-state index is 12.0. The first-order chi connectivity index (χ1) is 12.0. The van der Waals surface area contributed by atoms with E-state index in [4.69, 9.17) is 4.74 Å². The first-order valence-corrected chi connectivity index (χ1v) is 9.10. The van der Waals surface area contributed by atoms with Crippen LogP contribution >= 0.6 is 11.5 Å². The summed E-state index contributed by atoms with van der Waals surface area (Å²) in [5.74, 6) is 1.03. The molecule has 3 rings (SSSR count). The van der Waals surface area contributed by atoms with Crippen LogP contribution in [0.25, 0.3) is 11.4 Å². The number of anilines is 1. The number of aromatic hydroxyl groups is 1. The molecule has 1 saturated heterocycles. The highest BCUT2D eigenvalue weighted by atomic mass is 32.1. The number of nitrogens with zero attached hydrogens (tertiary/aromatic N) is 4. The Hall–Kier alpha value is -2.35. The van der Waals surface area contributed by atoms with E-state index in [9.17, 15) is 9.90 Å². The normalized spacial score (nSPS) is 14.8. The Labute approximate surface area is 151 Å². The molecule has 0 spiro atoms. The largest absolute Gasteiger partial charge is 0.507 e. The number of phenolic OH excluding ortho intramolecular Hbond substituents is 1. The van der Waals surface area contributed by atoms with Crippen LogP contribution in [0.1, 0.15) is 13.8 Å². The smallest absolute Gasteiger partial charge is 0.409 e. The fourth-order valence-corrected chi connectivity index (χ4v) is 3.26. The summed E-state index contributed by atoms with van der Waals surface area (Å²) in [6.07, 6.45) is -0.250. The van der Waals surface area contributed by atoms with E-state index < -0.39 is 0 Å². The first-order valence-electron chi connectivity index (χ1n) is 8.33. The molecule has 1 aromatic heterocycles. The van der Waals surface area contributed by atoms with Gasteiger partial charge in [0.25, 0.3) is 0 Å². The number of aromatic nitrogens is 2. The van der Waals surface area contributed by atoms with Crippen LogP contribution in [0.2, 0.25) is 0 Å². The summed E-state index contributed by atoms with van der Waals surface area (Å²) in [5, 5.41) is 10.7. The summed E-state index contributed by atoms with van der Waals surface area (Å²) < 4.78 is 9.62. The van der Waals surface area contributed by atoms with Crippen LogP contribution in [0.3, 0.4) is 0 Å². The van der Waals surface area contributed by atoms with E-state index >= 15 is 0 Å². The number of benzene rings is 1. The van der Waals surface area contributed by atoms with Gasteiger partial charge in [-0.15, -0.1) is 0 Å². The minimum Gasteiger partial charge on any atom is -0.507 e. The van der Waals surface area contributed by atoms with Gasteiger partial charge in [0, 0.05) is 37.7 Å². The summed E-state index contributed by atoms with van der Waals surface area (Å²) in [5.41, 5.74) is 0.626. The van der Waals surface area contributed by atoms with E-state index in [1.54, 1.807) is 23.1 Å². The predicted octanol–water partition coefficient (Wildman–Crippen LogP) is 2.83. The minimum absolute atomic E-state index is 0.171. The zero-order valence-corrected chi connectivity index (χ0v) is 15.2. The Morgan fingerprint density at radius 1 is 1.28 bits per heavy atom. The molecule has 8 heteroatoms. The Morgan fingerprint density at radius 3 is 2.68 bits per heavy atom. The number of para-hydroxylation sites is 1. The second-order valence-electron chi connectivity index (χ2n) is 6.36. The fourth-order valence-electron chi connectivity index (χ4n) is 2.53. The Balaban J connectivity index is 1.59. The zero-order valence-electron chi connectivity index (χ0n) is 14.4. The van der Waals surface area contributed by atoms with Crippen molar-refractivity contribution in [2.24, 2.45) is 5.92 Å². The van der Waals surface area contributed by atoms with Gasteiger partial charge in [0.2, 0.25) is 5.13 Å². The molecular formula is C17H22N4O3S. The number of rotatable bonds is 4. The second kappa shape index (κ2) is 7.69. The molecule has 25 heavy (non-hydrogen) atoms. The number of carbonyl (C=O) groups excluding carboxylic acids is 1. The number of phenols is 1. The van der Waals surface area contributed by atoms with Crippen LogP contribution < -0.4 is 4.90 Å². The highest BCUT2D eigenvalue weighted by Gasteiger charge is 2.24. The zero-order chi connectivity index (χ0) is 17.8. The van der Waals surface area contributed by atoms with Crippen molar-refractivity contribution >= 4 is 22.8 Å². The summed E-state index contributed by atoms with van der Waals surface area (Å²) in [6, 6.07) is 7.03. The number of ether oxygens (including phenoxy) is 1. The number of amides is 1. The monoisotopic (exact) mass is 362 g/mol. The Bertz CT molecular complexity index is 726. The van der Waals surface area contributed by atoms with Crippen LogP contribution in [0.15, 0.2) is 24.3 Å². The van der Waals surface area contributed by atoms with Gasteiger partial charge >= 0.3 is 6.09 Å². The SMILES string of the molecule is CC(C)COC(=O)N1CCN(c2nc(-c3ccccc3O)ns2)CC1. The van der Waals surface area contributed by atoms with Gasteiger partial charge in [0.1, 0.15) is 5.75 Å². The van der Waals surface area contributed by atoms with E-state index in [0.29, 0.717) is 50.1 Å². The molecule has 2 aromatic rings. The molecule has 134 valence electrons. The Morgan fingerprint density at radius 2 is 2.00 bits per heavy atom. The van der Waals surface area contributed by atoms with E-state index in [1.807, 2.05) is 19.9 Å². The molecule has 0 bridgehead atoms.